The summed E-state index contributed by atoms with van der Waals surface area (Å²) in [6, 6.07) is 0. The van der Waals surface area contributed by atoms with Gasteiger partial charge in [-0.05, 0) is 19.8 Å². The molecule has 3 heterocycles. The molecule has 9 heteroatoms. The SMILES string of the molecule is Cc1nnc(-n2nnc(C(=O)O)c2C2CCCO2)s1. The summed E-state index contributed by atoms with van der Waals surface area (Å²) in [7, 11) is 0. The molecule has 0 amide bonds. The van der Waals surface area contributed by atoms with E-state index in [0.717, 1.165) is 17.8 Å². The number of hydrogen-bond acceptors (Lipinski definition) is 7. The summed E-state index contributed by atoms with van der Waals surface area (Å²) in [6.45, 7) is 2.44. The number of nitrogens with zero attached hydrogens (tertiary/aromatic N) is 5. The van der Waals surface area contributed by atoms with Crippen molar-refractivity contribution in [1.29, 1.82) is 0 Å². The van der Waals surface area contributed by atoms with Crippen molar-refractivity contribution in [3.05, 3.63) is 16.4 Å². The molecular formula is C10H11N5O3S. The van der Waals surface area contributed by atoms with Gasteiger partial charge in [-0.2, -0.15) is 4.68 Å². The van der Waals surface area contributed by atoms with E-state index in [4.69, 9.17) is 4.74 Å². The summed E-state index contributed by atoms with van der Waals surface area (Å²) in [5, 5.41) is 25.9. The Hall–Kier alpha value is -1.87. The van der Waals surface area contributed by atoms with E-state index >= 15 is 0 Å². The molecule has 0 aromatic carbocycles. The molecule has 1 N–H and O–H groups in total. The van der Waals surface area contributed by atoms with Crippen LogP contribution in [-0.4, -0.2) is 42.9 Å². The molecule has 0 radical (unpaired) electrons. The van der Waals surface area contributed by atoms with Crippen molar-refractivity contribution in [3.63, 3.8) is 0 Å². The molecule has 1 unspecified atom stereocenters. The van der Waals surface area contributed by atoms with Gasteiger partial charge in [0.05, 0.1) is 0 Å². The van der Waals surface area contributed by atoms with E-state index in [1.165, 1.54) is 16.0 Å². The van der Waals surface area contributed by atoms with Crippen LogP contribution in [0.3, 0.4) is 0 Å². The molecule has 1 saturated heterocycles. The van der Waals surface area contributed by atoms with Gasteiger partial charge in [-0.25, -0.2) is 4.79 Å². The standard InChI is InChI=1S/C10H11N5O3S/c1-5-11-13-10(19-5)15-8(6-3-2-4-18-6)7(9(16)17)12-14-15/h6H,2-4H2,1H3,(H,16,17). The molecule has 8 nitrogen and oxygen atoms in total. The lowest BCUT2D eigenvalue weighted by Crippen LogP contribution is -2.11. The first-order valence-electron chi connectivity index (χ1n) is 5.78. The second-order valence-corrected chi connectivity index (χ2v) is 5.31. The normalized spacial score (nSPS) is 18.9. The highest BCUT2D eigenvalue weighted by Gasteiger charge is 2.31. The summed E-state index contributed by atoms with van der Waals surface area (Å²) in [6.07, 6.45) is 1.35. The Morgan fingerprint density at radius 3 is 2.89 bits per heavy atom. The highest BCUT2D eigenvalue weighted by molar-refractivity contribution is 7.13. The maximum absolute atomic E-state index is 11.2. The third-order valence-corrected chi connectivity index (χ3v) is 3.65. The number of hydrogen-bond donors (Lipinski definition) is 1. The largest absolute Gasteiger partial charge is 0.476 e. The van der Waals surface area contributed by atoms with Crippen LogP contribution in [0.4, 0.5) is 0 Å². The number of carboxylic acids is 1. The van der Waals surface area contributed by atoms with Crippen LogP contribution in [0.25, 0.3) is 5.13 Å². The second-order valence-electron chi connectivity index (χ2n) is 4.15. The lowest BCUT2D eigenvalue weighted by atomic mass is 10.1. The zero-order chi connectivity index (χ0) is 13.4. The molecule has 2 aromatic rings. The minimum atomic E-state index is -1.11. The van der Waals surface area contributed by atoms with E-state index in [-0.39, 0.29) is 11.8 Å². The zero-order valence-corrected chi connectivity index (χ0v) is 10.9. The molecule has 0 bridgehead atoms. The van der Waals surface area contributed by atoms with Crippen molar-refractivity contribution in [3.8, 4) is 5.13 Å². The minimum Gasteiger partial charge on any atom is -0.476 e. The van der Waals surface area contributed by atoms with Gasteiger partial charge >= 0.3 is 5.97 Å². The van der Waals surface area contributed by atoms with Crippen molar-refractivity contribution in [2.45, 2.75) is 25.9 Å². The van der Waals surface area contributed by atoms with Gasteiger partial charge in [0.2, 0.25) is 5.13 Å². The van der Waals surface area contributed by atoms with Gasteiger partial charge < -0.3 is 9.84 Å². The van der Waals surface area contributed by atoms with Crippen LogP contribution < -0.4 is 0 Å². The van der Waals surface area contributed by atoms with E-state index in [2.05, 4.69) is 20.5 Å². The predicted octanol–water partition coefficient (Wildman–Crippen LogP) is 0.977. The summed E-state index contributed by atoms with van der Waals surface area (Å²) in [4.78, 5) is 11.2. The lowest BCUT2D eigenvalue weighted by molar-refractivity contribution is 0.0673. The first kappa shape index (κ1) is 12.2. The van der Waals surface area contributed by atoms with E-state index in [1.807, 2.05) is 6.92 Å². The smallest absolute Gasteiger partial charge is 0.358 e. The maximum atomic E-state index is 11.2. The fraction of sp³-hybridized carbons (Fsp3) is 0.500. The molecule has 0 aliphatic carbocycles. The third-order valence-electron chi connectivity index (χ3n) is 2.84. The van der Waals surface area contributed by atoms with Gasteiger partial charge in [-0.3, -0.25) is 0 Å². The quantitative estimate of drug-likeness (QED) is 0.894. The predicted molar refractivity (Wildman–Crippen MR) is 64.4 cm³/mol. The highest BCUT2D eigenvalue weighted by Crippen LogP contribution is 2.32. The van der Waals surface area contributed by atoms with Crippen molar-refractivity contribution in [2.75, 3.05) is 6.61 Å². The van der Waals surface area contributed by atoms with Crippen LogP contribution in [-0.2, 0) is 4.74 Å². The van der Waals surface area contributed by atoms with Crippen molar-refractivity contribution in [2.24, 2.45) is 0 Å². The summed E-state index contributed by atoms with van der Waals surface area (Å²) >= 11 is 1.33. The molecule has 2 aromatic heterocycles. The summed E-state index contributed by atoms with van der Waals surface area (Å²) < 4.78 is 6.97. The molecule has 19 heavy (non-hydrogen) atoms. The van der Waals surface area contributed by atoms with Gasteiger partial charge in [0.15, 0.2) is 5.69 Å². The highest BCUT2D eigenvalue weighted by atomic mass is 32.1. The third kappa shape index (κ3) is 2.10. The molecule has 1 atom stereocenters. The molecule has 1 fully saturated rings. The van der Waals surface area contributed by atoms with Crippen LogP contribution in [0.2, 0.25) is 0 Å². The molecule has 0 saturated carbocycles. The number of aromatic carboxylic acids is 1. The van der Waals surface area contributed by atoms with Crippen molar-refractivity contribution >= 4 is 17.3 Å². The summed E-state index contributed by atoms with van der Waals surface area (Å²) in [5.41, 5.74) is 0.362. The summed E-state index contributed by atoms with van der Waals surface area (Å²) in [5.74, 6) is -1.11. The Balaban J connectivity index is 2.11. The average Bonchev–Trinajstić information content (AvgIpc) is 3.06. The first-order valence-corrected chi connectivity index (χ1v) is 6.59. The zero-order valence-electron chi connectivity index (χ0n) is 10.1. The number of carbonyl (C=O) groups is 1. The van der Waals surface area contributed by atoms with Gasteiger partial charge in [0, 0.05) is 6.61 Å². The van der Waals surface area contributed by atoms with Gasteiger partial charge in [-0.15, -0.1) is 15.3 Å². The van der Waals surface area contributed by atoms with Gasteiger partial charge in [0.1, 0.15) is 16.8 Å². The monoisotopic (exact) mass is 281 g/mol. The van der Waals surface area contributed by atoms with Crippen LogP contribution in [0.5, 0.6) is 0 Å². The minimum absolute atomic E-state index is 0.0836. The molecule has 0 spiro atoms. The number of aryl methyl sites for hydroxylation is 1. The first-order chi connectivity index (χ1) is 9.16. The lowest BCUT2D eigenvalue weighted by Gasteiger charge is -2.10. The van der Waals surface area contributed by atoms with Crippen LogP contribution in [0.15, 0.2) is 0 Å². The van der Waals surface area contributed by atoms with E-state index in [9.17, 15) is 9.90 Å². The van der Waals surface area contributed by atoms with Crippen LogP contribution >= 0.6 is 11.3 Å². The van der Waals surface area contributed by atoms with Crippen LogP contribution in [0, 0.1) is 6.92 Å². The van der Waals surface area contributed by atoms with Crippen molar-refractivity contribution in [1.82, 2.24) is 25.2 Å². The van der Waals surface area contributed by atoms with E-state index in [0.29, 0.717) is 17.4 Å². The number of rotatable bonds is 3. The Morgan fingerprint density at radius 2 is 2.32 bits per heavy atom. The molecule has 3 rings (SSSR count). The topological polar surface area (TPSA) is 103 Å². The molecule has 1 aliphatic rings. The Labute approximate surface area is 112 Å². The fourth-order valence-electron chi connectivity index (χ4n) is 2.04. The number of aromatic nitrogens is 5. The number of carboxylic acid groups (broad SMARTS) is 1. The molecule has 100 valence electrons. The van der Waals surface area contributed by atoms with E-state index in [1.54, 1.807) is 0 Å². The maximum Gasteiger partial charge on any atom is 0.358 e. The fourth-order valence-corrected chi connectivity index (χ4v) is 2.69. The van der Waals surface area contributed by atoms with Crippen molar-refractivity contribution < 1.29 is 14.6 Å². The Morgan fingerprint density at radius 1 is 1.47 bits per heavy atom. The Bertz CT molecular complexity index is 616. The number of ether oxygens (including phenoxy) is 1. The van der Waals surface area contributed by atoms with E-state index < -0.39 is 5.97 Å². The van der Waals surface area contributed by atoms with Crippen LogP contribution in [0.1, 0.15) is 40.1 Å². The second kappa shape index (κ2) is 4.67. The van der Waals surface area contributed by atoms with Gasteiger partial charge in [0.25, 0.3) is 0 Å². The average molecular weight is 281 g/mol. The molecule has 1 aliphatic heterocycles. The molecular weight excluding hydrogens is 270 g/mol. The Kier molecular flexibility index (Phi) is 2.99. The van der Waals surface area contributed by atoms with Gasteiger partial charge in [-0.1, -0.05) is 16.6 Å².